The number of rotatable bonds is 8. The first-order valence-electron chi connectivity index (χ1n) is 10.7. The van der Waals surface area contributed by atoms with Crippen molar-refractivity contribution in [2.45, 2.75) is 26.0 Å². The normalized spacial score (nSPS) is 19.8. The maximum Gasteiger partial charge on any atom is 0.226 e. The molecule has 1 amide bonds. The van der Waals surface area contributed by atoms with Gasteiger partial charge in [-0.15, -0.1) is 0 Å². The van der Waals surface area contributed by atoms with Gasteiger partial charge in [0.25, 0.3) is 0 Å². The van der Waals surface area contributed by atoms with Crippen LogP contribution in [0.1, 0.15) is 29.7 Å². The quantitative estimate of drug-likeness (QED) is 0.516. The molecule has 3 nitrogen and oxygen atoms in total. The largest absolute Gasteiger partial charge is 0.376 e. The highest BCUT2D eigenvalue weighted by Gasteiger charge is 2.42. The molecule has 0 N–H and O–H groups in total. The van der Waals surface area contributed by atoms with Crippen LogP contribution in [0.15, 0.2) is 91.0 Å². The van der Waals surface area contributed by atoms with Crippen molar-refractivity contribution in [1.82, 2.24) is 4.90 Å². The summed E-state index contributed by atoms with van der Waals surface area (Å²) in [4.78, 5) is 15.5. The second-order valence-electron chi connectivity index (χ2n) is 8.13. The molecule has 0 saturated carbocycles. The lowest BCUT2D eigenvalue weighted by atomic mass is 9.89. The van der Waals surface area contributed by atoms with E-state index in [9.17, 15) is 4.79 Å². The van der Waals surface area contributed by atoms with Gasteiger partial charge < -0.3 is 9.64 Å². The number of hydrogen-bond acceptors (Lipinski definition) is 2. The molecule has 0 unspecified atom stereocenters. The summed E-state index contributed by atoms with van der Waals surface area (Å²) in [7, 11) is 0. The first kappa shape index (κ1) is 20.4. The highest BCUT2D eigenvalue weighted by molar-refractivity contribution is 5.82. The fraction of sp³-hybridized carbons (Fsp3) is 0.296. The van der Waals surface area contributed by atoms with Crippen molar-refractivity contribution in [3.63, 3.8) is 0 Å². The lowest BCUT2D eigenvalue weighted by Gasteiger charge is -2.25. The Morgan fingerprint density at radius 2 is 1.43 bits per heavy atom. The van der Waals surface area contributed by atoms with Crippen LogP contribution in [-0.2, 0) is 22.6 Å². The van der Waals surface area contributed by atoms with E-state index in [1.807, 2.05) is 59.5 Å². The van der Waals surface area contributed by atoms with Crippen LogP contribution in [-0.4, -0.2) is 24.0 Å². The van der Waals surface area contributed by atoms with Gasteiger partial charge in [-0.05, 0) is 30.0 Å². The van der Waals surface area contributed by atoms with E-state index in [-0.39, 0.29) is 23.8 Å². The van der Waals surface area contributed by atoms with Gasteiger partial charge in [0.05, 0.1) is 19.3 Å². The molecule has 0 spiro atoms. The van der Waals surface area contributed by atoms with Crippen LogP contribution < -0.4 is 0 Å². The fourth-order valence-electron chi connectivity index (χ4n) is 4.34. The Balaban J connectivity index is 1.48. The molecule has 1 aliphatic heterocycles. The summed E-state index contributed by atoms with van der Waals surface area (Å²) >= 11 is 0. The van der Waals surface area contributed by atoms with E-state index in [1.165, 1.54) is 11.1 Å². The molecule has 4 rings (SSSR count). The lowest BCUT2D eigenvalue weighted by Crippen LogP contribution is -2.30. The zero-order valence-electron chi connectivity index (χ0n) is 17.5. The van der Waals surface area contributed by atoms with Crippen molar-refractivity contribution in [2.75, 3.05) is 13.2 Å². The van der Waals surface area contributed by atoms with Gasteiger partial charge in [-0.25, -0.2) is 0 Å². The maximum absolute atomic E-state index is 13.4. The first-order chi connectivity index (χ1) is 14.7. The van der Waals surface area contributed by atoms with Crippen molar-refractivity contribution in [3.05, 3.63) is 108 Å². The Hall–Kier alpha value is -2.91. The summed E-state index contributed by atoms with van der Waals surface area (Å²) in [5.74, 6) is 0.380. The molecule has 1 fully saturated rings. The average molecular weight is 400 g/mol. The molecule has 0 aromatic heterocycles. The zero-order valence-corrected chi connectivity index (χ0v) is 17.5. The Kier molecular flexibility index (Phi) is 6.60. The third kappa shape index (κ3) is 4.80. The van der Waals surface area contributed by atoms with Crippen LogP contribution in [0.2, 0.25) is 0 Å². The minimum absolute atomic E-state index is 0.0469. The number of carbonyl (C=O) groups excluding carboxylic acids is 1. The standard InChI is InChI=1S/C27H29NO2/c1-21(24-15-9-4-10-16-24)28-18-25(20-30-19-23-13-7-3-8-14-23)26(27(28)29)17-22-11-5-2-6-12-22/h2-16,21,25-26H,17-20H2,1H3/t21-,25-,26-/m1/s1. The number of carbonyl (C=O) groups is 1. The van der Waals surface area contributed by atoms with Crippen LogP contribution in [0.25, 0.3) is 0 Å². The SMILES string of the molecule is C[C@H](c1ccccc1)N1C[C@H](COCc2ccccc2)[C@@H](Cc2ccccc2)C1=O. The second-order valence-corrected chi connectivity index (χ2v) is 8.13. The molecule has 1 heterocycles. The van der Waals surface area contributed by atoms with Crippen LogP contribution >= 0.6 is 0 Å². The molecular weight excluding hydrogens is 370 g/mol. The summed E-state index contributed by atoms with van der Waals surface area (Å²) in [5.41, 5.74) is 3.55. The smallest absolute Gasteiger partial charge is 0.226 e. The van der Waals surface area contributed by atoms with Gasteiger partial charge in [0.1, 0.15) is 0 Å². The van der Waals surface area contributed by atoms with E-state index in [2.05, 4.69) is 43.3 Å². The summed E-state index contributed by atoms with van der Waals surface area (Å²) in [6.07, 6.45) is 0.761. The number of likely N-dealkylation sites (tertiary alicyclic amines) is 1. The van der Waals surface area contributed by atoms with Gasteiger partial charge in [0.2, 0.25) is 5.91 Å². The van der Waals surface area contributed by atoms with Gasteiger partial charge >= 0.3 is 0 Å². The van der Waals surface area contributed by atoms with Crippen LogP contribution in [0.3, 0.4) is 0 Å². The third-order valence-electron chi connectivity index (χ3n) is 6.09. The molecule has 0 radical (unpaired) electrons. The monoisotopic (exact) mass is 399 g/mol. The van der Waals surface area contributed by atoms with Crippen molar-refractivity contribution >= 4 is 5.91 Å². The molecule has 3 atom stereocenters. The molecule has 1 saturated heterocycles. The van der Waals surface area contributed by atoms with E-state index in [0.29, 0.717) is 13.2 Å². The Morgan fingerprint density at radius 1 is 0.867 bits per heavy atom. The van der Waals surface area contributed by atoms with E-state index in [1.54, 1.807) is 0 Å². The zero-order chi connectivity index (χ0) is 20.8. The molecule has 3 aromatic carbocycles. The van der Waals surface area contributed by atoms with Crippen LogP contribution in [0.5, 0.6) is 0 Å². The van der Waals surface area contributed by atoms with Crippen LogP contribution in [0, 0.1) is 11.8 Å². The molecule has 3 aromatic rings. The lowest BCUT2D eigenvalue weighted by molar-refractivity contribution is -0.133. The van der Waals surface area contributed by atoms with E-state index in [0.717, 1.165) is 18.5 Å². The molecule has 0 aliphatic carbocycles. The Bertz CT molecular complexity index is 927. The van der Waals surface area contributed by atoms with E-state index < -0.39 is 0 Å². The minimum Gasteiger partial charge on any atom is -0.376 e. The first-order valence-corrected chi connectivity index (χ1v) is 10.7. The molecule has 154 valence electrons. The van der Waals surface area contributed by atoms with Crippen molar-refractivity contribution < 1.29 is 9.53 Å². The van der Waals surface area contributed by atoms with Crippen molar-refractivity contribution in [3.8, 4) is 0 Å². The van der Waals surface area contributed by atoms with E-state index >= 15 is 0 Å². The van der Waals surface area contributed by atoms with E-state index in [4.69, 9.17) is 4.74 Å². The van der Waals surface area contributed by atoms with Gasteiger partial charge in [0, 0.05) is 18.4 Å². The predicted molar refractivity (Wildman–Crippen MR) is 120 cm³/mol. The topological polar surface area (TPSA) is 29.5 Å². The van der Waals surface area contributed by atoms with Crippen molar-refractivity contribution in [1.29, 1.82) is 0 Å². The van der Waals surface area contributed by atoms with Gasteiger partial charge in [-0.2, -0.15) is 0 Å². The van der Waals surface area contributed by atoms with Gasteiger partial charge in [-0.3, -0.25) is 4.79 Å². The van der Waals surface area contributed by atoms with Crippen LogP contribution in [0.4, 0.5) is 0 Å². The summed E-state index contributed by atoms with van der Waals surface area (Å²) in [6, 6.07) is 30.9. The number of benzene rings is 3. The summed E-state index contributed by atoms with van der Waals surface area (Å²) in [5, 5.41) is 0. The number of hydrogen-bond donors (Lipinski definition) is 0. The highest BCUT2D eigenvalue weighted by Crippen LogP contribution is 2.34. The average Bonchev–Trinajstić information content (AvgIpc) is 3.10. The summed E-state index contributed by atoms with van der Waals surface area (Å²) < 4.78 is 6.07. The highest BCUT2D eigenvalue weighted by atomic mass is 16.5. The molecule has 30 heavy (non-hydrogen) atoms. The Morgan fingerprint density at radius 3 is 2.07 bits per heavy atom. The summed E-state index contributed by atoms with van der Waals surface area (Å²) in [6.45, 7) is 4.04. The van der Waals surface area contributed by atoms with Gasteiger partial charge in [-0.1, -0.05) is 91.0 Å². The number of amides is 1. The van der Waals surface area contributed by atoms with Gasteiger partial charge in [0.15, 0.2) is 0 Å². The predicted octanol–water partition coefficient (Wildman–Crippen LogP) is 5.28. The Labute approximate surface area is 179 Å². The van der Waals surface area contributed by atoms with Crippen molar-refractivity contribution in [2.24, 2.45) is 11.8 Å². The fourth-order valence-corrected chi connectivity index (χ4v) is 4.34. The number of ether oxygens (including phenoxy) is 1. The molecular formula is C27H29NO2. The third-order valence-corrected chi connectivity index (χ3v) is 6.09. The molecule has 1 aliphatic rings. The molecule has 3 heteroatoms. The minimum atomic E-state index is -0.0469. The second kappa shape index (κ2) is 9.73. The number of nitrogens with zero attached hydrogens (tertiary/aromatic N) is 1. The molecule has 0 bridgehead atoms. The maximum atomic E-state index is 13.4.